The highest BCUT2D eigenvalue weighted by molar-refractivity contribution is 9.11. The number of carbonyl (C=O) groups is 1. The summed E-state index contributed by atoms with van der Waals surface area (Å²) in [4.78, 5) is 11.0. The van der Waals surface area contributed by atoms with Crippen LogP contribution in [0.2, 0.25) is 0 Å². The Labute approximate surface area is 93.3 Å². The van der Waals surface area contributed by atoms with Crippen LogP contribution in [0.1, 0.15) is 20.8 Å². The first-order valence-electron chi connectivity index (χ1n) is 4.50. The molecule has 1 N–H and O–H groups in total. The zero-order valence-corrected chi connectivity index (χ0v) is 10.3. The molecule has 0 atom stereocenters. The zero-order chi connectivity index (χ0) is 11.0. The van der Waals surface area contributed by atoms with Gasteiger partial charge in [0.05, 0.1) is 6.61 Å². The van der Waals surface area contributed by atoms with Crippen LogP contribution in [0.4, 0.5) is 0 Å². The molecule has 80 valence electrons. The first-order valence-corrected chi connectivity index (χ1v) is 5.29. The first kappa shape index (κ1) is 13.2. The number of carbonyl (C=O) groups excluding carboxylic acids is 1. The monoisotopic (exact) mass is 261 g/mol. The number of halogens is 1. The van der Waals surface area contributed by atoms with Crippen LogP contribution >= 0.6 is 15.9 Å². The summed E-state index contributed by atoms with van der Waals surface area (Å²) in [6.07, 6.45) is 3.83. The summed E-state index contributed by atoms with van der Waals surface area (Å²) in [5.41, 5.74) is 0.913. The fraction of sp³-hybridized carbons (Fsp3) is 0.500. The van der Waals surface area contributed by atoms with Gasteiger partial charge in [-0.15, -0.1) is 0 Å². The van der Waals surface area contributed by atoms with Gasteiger partial charge in [-0.25, -0.2) is 0 Å². The molecule has 14 heavy (non-hydrogen) atoms. The van der Waals surface area contributed by atoms with E-state index in [-0.39, 0.29) is 12.5 Å². The molecular weight excluding hydrogens is 246 g/mol. The lowest BCUT2D eigenvalue weighted by Gasteiger charge is -2.06. The third kappa shape index (κ3) is 5.80. The van der Waals surface area contributed by atoms with Crippen LogP contribution in [0, 0.1) is 0 Å². The van der Waals surface area contributed by atoms with Gasteiger partial charge in [0.15, 0.2) is 0 Å². The summed E-state index contributed by atoms with van der Waals surface area (Å²) in [6.45, 7) is 6.23. The molecule has 0 aromatic carbocycles. The van der Waals surface area contributed by atoms with Crippen molar-refractivity contribution in [1.82, 2.24) is 5.32 Å². The van der Waals surface area contributed by atoms with E-state index >= 15 is 0 Å². The normalized spacial score (nSPS) is 12.6. The highest BCUT2D eigenvalue weighted by atomic mass is 79.9. The number of rotatable bonds is 5. The Balaban J connectivity index is 4.00. The molecule has 0 aliphatic rings. The lowest BCUT2D eigenvalue weighted by molar-refractivity contribution is -0.141. The predicted octanol–water partition coefficient (Wildman–Crippen LogP) is 2.34. The van der Waals surface area contributed by atoms with Gasteiger partial charge in [0.1, 0.15) is 6.54 Å². The van der Waals surface area contributed by atoms with E-state index in [0.717, 1.165) is 10.2 Å². The molecule has 0 rings (SSSR count). The molecule has 0 amide bonds. The summed E-state index contributed by atoms with van der Waals surface area (Å²) < 4.78 is 5.71. The molecule has 0 aromatic rings. The minimum atomic E-state index is -0.243. The maximum absolute atomic E-state index is 11.0. The molecule has 0 aliphatic heterocycles. The van der Waals surface area contributed by atoms with Gasteiger partial charge in [-0.2, -0.15) is 0 Å². The first-order chi connectivity index (χ1) is 6.61. The molecule has 0 heterocycles. The van der Waals surface area contributed by atoms with Crippen LogP contribution in [0.5, 0.6) is 0 Å². The molecule has 0 unspecified atom stereocenters. The van der Waals surface area contributed by atoms with E-state index < -0.39 is 0 Å². The van der Waals surface area contributed by atoms with E-state index in [2.05, 4.69) is 21.2 Å². The van der Waals surface area contributed by atoms with E-state index in [0.29, 0.717) is 6.61 Å². The summed E-state index contributed by atoms with van der Waals surface area (Å²) in [5, 5.41) is 2.96. The van der Waals surface area contributed by atoms with Gasteiger partial charge in [0, 0.05) is 10.2 Å². The maximum atomic E-state index is 11.0. The molecule has 0 bridgehead atoms. The molecule has 0 spiro atoms. The smallest absolute Gasteiger partial charge is 0.325 e. The van der Waals surface area contributed by atoms with E-state index in [1.54, 1.807) is 6.92 Å². The Hall–Kier alpha value is -0.770. The Kier molecular flexibility index (Phi) is 7.20. The van der Waals surface area contributed by atoms with Gasteiger partial charge in [-0.05, 0) is 36.7 Å². The van der Waals surface area contributed by atoms with E-state index in [9.17, 15) is 4.79 Å². The Morgan fingerprint density at radius 3 is 2.71 bits per heavy atom. The third-order valence-electron chi connectivity index (χ3n) is 1.47. The number of hydrogen-bond acceptors (Lipinski definition) is 3. The Bertz CT molecular complexity index is 247. The van der Waals surface area contributed by atoms with Gasteiger partial charge in [0.2, 0.25) is 0 Å². The highest BCUT2D eigenvalue weighted by Gasteiger charge is 2.01. The molecule has 0 radical (unpaired) electrons. The molecule has 0 fully saturated rings. The fourth-order valence-electron chi connectivity index (χ4n) is 0.773. The van der Waals surface area contributed by atoms with Crippen molar-refractivity contribution in [3.63, 3.8) is 0 Å². The van der Waals surface area contributed by atoms with E-state index in [1.165, 1.54) is 0 Å². The summed E-state index contributed by atoms with van der Waals surface area (Å²) in [7, 11) is 0. The summed E-state index contributed by atoms with van der Waals surface area (Å²) in [6, 6.07) is 0. The van der Waals surface area contributed by atoms with Gasteiger partial charge in [-0.3, -0.25) is 4.79 Å². The van der Waals surface area contributed by atoms with Crippen molar-refractivity contribution in [2.45, 2.75) is 20.8 Å². The second-order valence-electron chi connectivity index (χ2n) is 2.63. The van der Waals surface area contributed by atoms with E-state index in [1.807, 2.05) is 26.0 Å². The van der Waals surface area contributed by atoms with Crippen LogP contribution in [0.25, 0.3) is 0 Å². The van der Waals surface area contributed by atoms with Gasteiger partial charge in [0.25, 0.3) is 0 Å². The molecule has 0 aromatic heterocycles. The van der Waals surface area contributed by atoms with Crippen molar-refractivity contribution in [3.8, 4) is 0 Å². The largest absolute Gasteiger partial charge is 0.465 e. The van der Waals surface area contributed by atoms with Crippen molar-refractivity contribution in [2.75, 3.05) is 13.2 Å². The topological polar surface area (TPSA) is 38.3 Å². The van der Waals surface area contributed by atoms with Crippen LogP contribution in [-0.2, 0) is 9.53 Å². The minimum Gasteiger partial charge on any atom is -0.465 e. The third-order valence-corrected chi connectivity index (χ3v) is 2.33. The Morgan fingerprint density at radius 1 is 1.57 bits per heavy atom. The molecule has 4 heteroatoms. The second-order valence-corrected chi connectivity index (χ2v) is 3.49. The Morgan fingerprint density at radius 2 is 2.21 bits per heavy atom. The quantitative estimate of drug-likeness (QED) is 0.610. The summed E-state index contributed by atoms with van der Waals surface area (Å²) in [5.74, 6) is -0.243. The maximum Gasteiger partial charge on any atom is 0.325 e. The van der Waals surface area contributed by atoms with Crippen LogP contribution in [-0.4, -0.2) is 19.1 Å². The van der Waals surface area contributed by atoms with Crippen LogP contribution in [0.3, 0.4) is 0 Å². The van der Waals surface area contributed by atoms with Crippen LogP contribution in [0.15, 0.2) is 22.3 Å². The van der Waals surface area contributed by atoms with Crippen molar-refractivity contribution < 1.29 is 9.53 Å². The van der Waals surface area contributed by atoms with Gasteiger partial charge < -0.3 is 10.1 Å². The number of esters is 1. The number of nitrogens with one attached hydrogen (secondary N) is 1. The van der Waals surface area contributed by atoms with Crippen molar-refractivity contribution in [3.05, 3.63) is 22.3 Å². The fourth-order valence-corrected chi connectivity index (χ4v) is 1.18. The lowest BCUT2D eigenvalue weighted by Crippen LogP contribution is -2.23. The molecule has 3 nitrogen and oxygen atoms in total. The molecular formula is C10H16BrNO2. The van der Waals surface area contributed by atoms with Crippen LogP contribution < -0.4 is 5.32 Å². The molecule has 0 saturated carbocycles. The summed E-state index contributed by atoms with van der Waals surface area (Å²) >= 11 is 3.37. The number of hydrogen-bond donors (Lipinski definition) is 1. The van der Waals surface area contributed by atoms with Crippen molar-refractivity contribution >= 4 is 21.9 Å². The average Bonchev–Trinajstić information content (AvgIpc) is 2.15. The lowest BCUT2D eigenvalue weighted by atomic mass is 10.4. The van der Waals surface area contributed by atoms with Crippen molar-refractivity contribution in [2.24, 2.45) is 0 Å². The van der Waals surface area contributed by atoms with Gasteiger partial charge in [-0.1, -0.05) is 12.2 Å². The average molecular weight is 262 g/mol. The minimum absolute atomic E-state index is 0.201. The van der Waals surface area contributed by atoms with Gasteiger partial charge >= 0.3 is 5.97 Å². The number of ether oxygens (including phenoxy) is 1. The van der Waals surface area contributed by atoms with Crippen molar-refractivity contribution in [1.29, 1.82) is 0 Å². The standard InChI is InChI=1S/C10H16BrNO2/c1-4-6-9(11)8(3)12-7-10(13)14-5-2/h4,6,12H,5,7H2,1-3H3/b6-4-,9-8-. The number of allylic oxidation sites excluding steroid dienone is 4. The second kappa shape index (κ2) is 7.62. The van der Waals surface area contributed by atoms with E-state index in [4.69, 9.17) is 4.74 Å². The molecule has 0 saturated heterocycles. The predicted molar refractivity (Wildman–Crippen MR) is 61.1 cm³/mol. The SMILES string of the molecule is C/C=C\C(Br)=C(/C)NCC(=O)OCC. The molecule has 0 aliphatic carbocycles. The highest BCUT2D eigenvalue weighted by Crippen LogP contribution is 2.10. The zero-order valence-electron chi connectivity index (χ0n) is 8.76.